The zero-order valence-corrected chi connectivity index (χ0v) is 9.30. The number of benzene rings is 1. The molecule has 0 bridgehead atoms. The Morgan fingerprint density at radius 3 is 2.43 bits per heavy atom. The summed E-state index contributed by atoms with van der Waals surface area (Å²) in [4.78, 5) is 0. The third-order valence-corrected chi connectivity index (χ3v) is 2.79. The number of aromatic hydroxyl groups is 1. The summed E-state index contributed by atoms with van der Waals surface area (Å²) in [5.41, 5.74) is 1.10. The summed E-state index contributed by atoms with van der Waals surface area (Å²) in [6, 6.07) is 7.15. The number of alkyl halides is 1. The Morgan fingerprint density at radius 1 is 1.21 bits per heavy atom. The molecule has 0 spiro atoms. The molecule has 2 heteroatoms. The smallest absolute Gasteiger partial charge is 0.115 e. The Bertz CT molecular complexity index is 256. The third-order valence-electron chi connectivity index (χ3n) is 2.32. The second-order valence-electron chi connectivity index (χ2n) is 3.55. The van der Waals surface area contributed by atoms with Gasteiger partial charge in [0, 0.05) is 0 Å². The largest absolute Gasteiger partial charge is 0.508 e. The highest BCUT2D eigenvalue weighted by molar-refractivity contribution is 6.20. The second-order valence-corrected chi connectivity index (χ2v) is 4.08. The van der Waals surface area contributed by atoms with Gasteiger partial charge in [-0.2, -0.15) is 0 Å². The monoisotopic (exact) mass is 212 g/mol. The summed E-state index contributed by atoms with van der Waals surface area (Å²) < 4.78 is 0. The van der Waals surface area contributed by atoms with Crippen LogP contribution in [-0.2, 0) is 0 Å². The first-order valence-corrected chi connectivity index (χ1v) is 5.60. The van der Waals surface area contributed by atoms with Crippen molar-refractivity contribution in [3.63, 3.8) is 0 Å². The summed E-state index contributed by atoms with van der Waals surface area (Å²) >= 11 is 6.21. The fraction of sp³-hybridized carbons (Fsp3) is 0.500. The van der Waals surface area contributed by atoms with Gasteiger partial charge in [-0.3, -0.25) is 0 Å². The summed E-state index contributed by atoms with van der Waals surface area (Å²) in [6.45, 7) is 2.18. The van der Waals surface area contributed by atoms with E-state index in [0.717, 1.165) is 12.0 Å². The van der Waals surface area contributed by atoms with Crippen molar-refractivity contribution in [3.8, 4) is 5.75 Å². The molecular formula is C12H17ClO. The number of phenols is 1. The van der Waals surface area contributed by atoms with Crippen LogP contribution < -0.4 is 0 Å². The van der Waals surface area contributed by atoms with Gasteiger partial charge in [0.15, 0.2) is 0 Å². The van der Waals surface area contributed by atoms with Crippen LogP contribution in [0.5, 0.6) is 5.75 Å². The highest BCUT2D eigenvalue weighted by Gasteiger charge is 2.06. The molecule has 0 aliphatic heterocycles. The normalized spacial score (nSPS) is 12.7. The van der Waals surface area contributed by atoms with Gasteiger partial charge in [0.1, 0.15) is 5.75 Å². The van der Waals surface area contributed by atoms with Gasteiger partial charge in [-0.25, -0.2) is 0 Å². The topological polar surface area (TPSA) is 20.2 Å². The van der Waals surface area contributed by atoms with Gasteiger partial charge in [-0.1, -0.05) is 38.3 Å². The molecule has 0 aliphatic carbocycles. The van der Waals surface area contributed by atoms with Gasteiger partial charge in [0.05, 0.1) is 5.38 Å². The molecule has 0 radical (unpaired) electrons. The van der Waals surface area contributed by atoms with E-state index in [1.54, 1.807) is 12.1 Å². The third kappa shape index (κ3) is 3.59. The van der Waals surface area contributed by atoms with Gasteiger partial charge >= 0.3 is 0 Å². The van der Waals surface area contributed by atoms with Crippen LogP contribution in [0.4, 0.5) is 0 Å². The minimum atomic E-state index is 0.0853. The van der Waals surface area contributed by atoms with E-state index in [0.29, 0.717) is 5.75 Å². The standard InChI is InChI=1S/C12H17ClO/c1-2-3-4-5-12(13)10-6-8-11(14)9-7-10/h6-9,12,14H,2-5H2,1H3. The van der Waals surface area contributed by atoms with Crippen molar-refractivity contribution in [2.24, 2.45) is 0 Å². The van der Waals surface area contributed by atoms with E-state index in [-0.39, 0.29) is 5.38 Å². The van der Waals surface area contributed by atoms with E-state index in [2.05, 4.69) is 6.92 Å². The summed E-state index contributed by atoms with van der Waals surface area (Å²) in [7, 11) is 0. The first kappa shape index (κ1) is 11.4. The van der Waals surface area contributed by atoms with Crippen LogP contribution >= 0.6 is 11.6 Å². The number of hydrogen-bond acceptors (Lipinski definition) is 1. The molecule has 0 heterocycles. The van der Waals surface area contributed by atoms with Gasteiger partial charge in [-0.05, 0) is 24.1 Å². The first-order chi connectivity index (χ1) is 6.74. The molecule has 1 nitrogen and oxygen atoms in total. The summed E-state index contributed by atoms with van der Waals surface area (Å²) in [5.74, 6) is 0.297. The van der Waals surface area contributed by atoms with Crippen LogP contribution in [0.1, 0.15) is 43.5 Å². The molecule has 1 aromatic carbocycles. The molecule has 0 aliphatic rings. The molecule has 1 N–H and O–H groups in total. The van der Waals surface area contributed by atoms with Gasteiger partial charge in [-0.15, -0.1) is 11.6 Å². The Kier molecular flexibility index (Phi) is 4.81. The van der Waals surface area contributed by atoms with Crippen LogP contribution in [0.25, 0.3) is 0 Å². The van der Waals surface area contributed by atoms with Crippen LogP contribution in [0.15, 0.2) is 24.3 Å². The predicted octanol–water partition coefficient (Wildman–Crippen LogP) is 4.25. The Balaban J connectivity index is 2.43. The summed E-state index contributed by atoms with van der Waals surface area (Å²) in [5, 5.41) is 9.19. The van der Waals surface area contributed by atoms with Crippen molar-refractivity contribution in [2.45, 2.75) is 38.0 Å². The lowest BCUT2D eigenvalue weighted by molar-refractivity contribution is 0.475. The zero-order valence-electron chi connectivity index (χ0n) is 8.54. The predicted molar refractivity (Wildman–Crippen MR) is 60.8 cm³/mol. The maximum atomic E-state index is 9.11. The maximum absolute atomic E-state index is 9.11. The Hall–Kier alpha value is -0.690. The van der Waals surface area contributed by atoms with E-state index in [4.69, 9.17) is 16.7 Å². The number of hydrogen-bond donors (Lipinski definition) is 1. The fourth-order valence-electron chi connectivity index (χ4n) is 1.42. The van der Waals surface area contributed by atoms with Crippen molar-refractivity contribution >= 4 is 11.6 Å². The minimum absolute atomic E-state index is 0.0853. The van der Waals surface area contributed by atoms with E-state index >= 15 is 0 Å². The maximum Gasteiger partial charge on any atom is 0.115 e. The van der Waals surface area contributed by atoms with E-state index in [1.807, 2.05) is 12.1 Å². The van der Waals surface area contributed by atoms with Crippen molar-refractivity contribution in [2.75, 3.05) is 0 Å². The molecule has 0 fully saturated rings. The van der Waals surface area contributed by atoms with Crippen LogP contribution in [0.2, 0.25) is 0 Å². The molecule has 1 rings (SSSR count). The number of unbranched alkanes of at least 4 members (excludes halogenated alkanes) is 2. The average molecular weight is 213 g/mol. The lowest BCUT2D eigenvalue weighted by Gasteiger charge is -2.09. The highest BCUT2D eigenvalue weighted by Crippen LogP contribution is 2.27. The zero-order chi connectivity index (χ0) is 10.4. The Morgan fingerprint density at radius 2 is 1.86 bits per heavy atom. The number of halogens is 1. The Labute approximate surface area is 90.7 Å². The molecule has 0 saturated heterocycles. The minimum Gasteiger partial charge on any atom is -0.508 e. The molecule has 14 heavy (non-hydrogen) atoms. The number of phenolic OH excluding ortho intramolecular Hbond substituents is 1. The lowest BCUT2D eigenvalue weighted by atomic mass is 10.1. The molecule has 0 aromatic heterocycles. The number of rotatable bonds is 5. The molecule has 0 amide bonds. The quantitative estimate of drug-likeness (QED) is 0.572. The lowest BCUT2D eigenvalue weighted by Crippen LogP contribution is -1.90. The first-order valence-electron chi connectivity index (χ1n) is 5.17. The van der Waals surface area contributed by atoms with E-state index < -0.39 is 0 Å². The molecular weight excluding hydrogens is 196 g/mol. The van der Waals surface area contributed by atoms with E-state index in [9.17, 15) is 0 Å². The average Bonchev–Trinajstić information content (AvgIpc) is 2.19. The van der Waals surface area contributed by atoms with E-state index in [1.165, 1.54) is 19.3 Å². The molecule has 0 saturated carbocycles. The van der Waals surface area contributed by atoms with Crippen molar-refractivity contribution in [1.29, 1.82) is 0 Å². The molecule has 1 atom stereocenters. The van der Waals surface area contributed by atoms with Crippen LogP contribution in [0.3, 0.4) is 0 Å². The fourth-order valence-corrected chi connectivity index (χ4v) is 1.72. The second kappa shape index (κ2) is 5.92. The van der Waals surface area contributed by atoms with Gasteiger partial charge < -0.3 is 5.11 Å². The van der Waals surface area contributed by atoms with Crippen LogP contribution in [0, 0.1) is 0 Å². The van der Waals surface area contributed by atoms with Crippen molar-refractivity contribution in [3.05, 3.63) is 29.8 Å². The highest BCUT2D eigenvalue weighted by atomic mass is 35.5. The molecule has 1 unspecified atom stereocenters. The molecule has 78 valence electrons. The SMILES string of the molecule is CCCCCC(Cl)c1ccc(O)cc1. The van der Waals surface area contributed by atoms with Gasteiger partial charge in [0.25, 0.3) is 0 Å². The van der Waals surface area contributed by atoms with Crippen molar-refractivity contribution in [1.82, 2.24) is 0 Å². The molecule has 1 aromatic rings. The van der Waals surface area contributed by atoms with Crippen LogP contribution in [-0.4, -0.2) is 5.11 Å². The van der Waals surface area contributed by atoms with Crippen molar-refractivity contribution < 1.29 is 5.11 Å². The van der Waals surface area contributed by atoms with Gasteiger partial charge in [0.2, 0.25) is 0 Å². The summed E-state index contributed by atoms with van der Waals surface area (Å²) in [6.07, 6.45) is 4.65.